The highest BCUT2D eigenvalue weighted by atomic mass is 19.4. The van der Waals surface area contributed by atoms with Crippen molar-refractivity contribution in [2.75, 3.05) is 6.54 Å². The van der Waals surface area contributed by atoms with Crippen molar-refractivity contribution in [3.8, 4) is 0 Å². The maximum absolute atomic E-state index is 13.1. The third kappa shape index (κ3) is 5.60. The van der Waals surface area contributed by atoms with E-state index < -0.39 is 11.7 Å². The standard InChI is InChI=1S/C23H26F3NO/c24-23(25,26)21-13-11-19(12-14-21)17-27(16-15-18-7-3-1-4-8-18)22(28)20-9-5-2-6-10-20/h1,3-4,7-8,11-14,20H,2,5-6,9-10,15-17H2. The molecule has 1 saturated carbocycles. The minimum absolute atomic E-state index is 0.0407. The molecule has 1 fully saturated rings. The van der Waals surface area contributed by atoms with E-state index >= 15 is 0 Å². The Hall–Kier alpha value is -2.30. The van der Waals surface area contributed by atoms with E-state index in [9.17, 15) is 18.0 Å². The Bertz CT molecular complexity index is 750. The number of carbonyl (C=O) groups excluding carboxylic acids is 1. The molecule has 3 rings (SSSR count). The summed E-state index contributed by atoms with van der Waals surface area (Å²) in [4.78, 5) is 14.9. The second-order valence-electron chi connectivity index (χ2n) is 7.53. The molecule has 2 nitrogen and oxygen atoms in total. The van der Waals surface area contributed by atoms with Gasteiger partial charge in [-0.2, -0.15) is 13.2 Å². The quantitative estimate of drug-likeness (QED) is 0.606. The first-order chi connectivity index (χ1) is 13.4. The average Bonchev–Trinajstić information content (AvgIpc) is 2.71. The van der Waals surface area contributed by atoms with Crippen LogP contribution in [0.3, 0.4) is 0 Å². The lowest BCUT2D eigenvalue weighted by molar-refractivity contribution is -0.138. The molecule has 1 aliphatic carbocycles. The summed E-state index contributed by atoms with van der Waals surface area (Å²) in [6.07, 6.45) is 1.53. The topological polar surface area (TPSA) is 20.3 Å². The van der Waals surface area contributed by atoms with Crippen LogP contribution in [0.2, 0.25) is 0 Å². The lowest BCUT2D eigenvalue weighted by Gasteiger charge is -2.29. The Kier molecular flexibility index (Phi) is 6.76. The maximum Gasteiger partial charge on any atom is 0.416 e. The molecule has 2 aromatic carbocycles. The number of amides is 1. The van der Waals surface area contributed by atoms with Gasteiger partial charge in [-0.25, -0.2) is 0 Å². The number of hydrogen-bond acceptors (Lipinski definition) is 1. The van der Waals surface area contributed by atoms with Crippen LogP contribution in [0.1, 0.15) is 48.8 Å². The molecule has 0 aliphatic heterocycles. The molecule has 2 aromatic rings. The predicted molar refractivity (Wildman–Crippen MR) is 104 cm³/mol. The summed E-state index contributed by atoms with van der Waals surface area (Å²) >= 11 is 0. The van der Waals surface area contributed by atoms with Gasteiger partial charge in [0.15, 0.2) is 0 Å². The molecule has 0 atom stereocenters. The van der Waals surface area contributed by atoms with Gasteiger partial charge in [-0.1, -0.05) is 61.7 Å². The molecule has 28 heavy (non-hydrogen) atoms. The molecule has 0 aromatic heterocycles. The van der Waals surface area contributed by atoms with Gasteiger partial charge in [0.1, 0.15) is 0 Å². The summed E-state index contributed by atoms with van der Waals surface area (Å²) in [5.74, 6) is 0.175. The molecule has 0 spiro atoms. The Labute approximate surface area is 164 Å². The molecule has 0 bridgehead atoms. The summed E-state index contributed by atoms with van der Waals surface area (Å²) in [5, 5.41) is 0. The zero-order valence-electron chi connectivity index (χ0n) is 15.9. The van der Waals surface area contributed by atoms with Crippen LogP contribution < -0.4 is 0 Å². The fraction of sp³-hybridized carbons (Fsp3) is 0.435. The van der Waals surface area contributed by atoms with Gasteiger partial charge in [-0.3, -0.25) is 4.79 Å². The smallest absolute Gasteiger partial charge is 0.338 e. The van der Waals surface area contributed by atoms with Crippen LogP contribution in [-0.4, -0.2) is 17.4 Å². The molecule has 0 N–H and O–H groups in total. The highest BCUT2D eigenvalue weighted by Gasteiger charge is 2.30. The minimum atomic E-state index is -4.34. The van der Waals surface area contributed by atoms with Gasteiger partial charge in [-0.05, 0) is 42.5 Å². The summed E-state index contributed by atoms with van der Waals surface area (Å²) in [5.41, 5.74) is 1.22. The molecular formula is C23H26F3NO. The number of benzene rings is 2. The zero-order valence-corrected chi connectivity index (χ0v) is 15.9. The van der Waals surface area contributed by atoms with Crippen LogP contribution in [0.15, 0.2) is 54.6 Å². The summed E-state index contributed by atoms with van der Waals surface area (Å²) in [7, 11) is 0. The van der Waals surface area contributed by atoms with E-state index in [1.807, 2.05) is 35.2 Å². The lowest BCUT2D eigenvalue weighted by Crippen LogP contribution is -2.38. The van der Waals surface area contributed by atoms with Gasteiger partial charge in [0.25, 0.3) is 0 Å². The third-order valence-corrected chi connectivity index (χ3v) is 5.43. The number of nitrogens with zero attached hydrogens (tertiary/aromatic N) is 1. The number of alkyl halides is 3. The SMILES string of the molecule is O=C(C1CCCCC1)N(CCc1ccccc1)Cc1ccc(C(F)(F)F)cc1. The third-order valence-electron chi connectivity index (χ3n) is 5.43. The summed E-state index contributed by atoms with van der Waals surface area (Å²) in [6, 6.07) is 15.1. The van der Waals surface area contributed by atoms with E-state index in [2.05, 4.69) is 0 Å². The highest BCUT2D eigenvalue weighted by Crippen LogP contribution is 2.30. The summed E-state index contributed by atoms with van der Waals surface area (Å²) in [6.45, 7) is 0.917. The minimum Gasteiger partial charge on any atom is -0.338 e. The van der Waals surface area contributed by atoms with Crippen LogP contribution in [-0.2, 0) is 23.9 Å². The highest BCUT2D eigenvalue weighted by molar-refractivity contribution is 5.79. The van der Waals surface area contributed by atoms with Gasteiger partial charge in [0.05, 0.1) is 5.56 Å². The Morgan fingerprint density at radius 2 is 1.54 bits per heavy atom. The molecule has 1 amide bonds. The Balaban J connectivity index is 1.72. The van der Waals surface area contributed by atoms with Crippen LogP contribution in [0.25, 0.3) is 0 Å². The number of hydrogen-bond donors (Lipinski definition) is 0. The molecule has 1 aliphatic rings. The molecule has 0 saturated heterocycles. The van der Waals surface area contributed by atoms with Gasteiger partial charge in [0.2, 0.25) is 5.91 Å². The molecule has 150 valence electrons. The Morgan fingerprint density at radius 3 is 2.14 bits per heavy atom. The van der Waals surface area contributed by atoms with Crippen LogP contribution in [0, 0.1) is 5.92 Å². The molecule has 0 unspecified atom stereocenters. The molecule has 0 radical (unpaired) electrons. The molecule has 0 heterocycles. The first kappa shape index (κ1) is 20.4. The van der Waals surface area contributed by atoms with Crippen molar-refractivity contribution < 1.29 is 18.0 Å². The summed E-state index contributed by atoms with van der Waals surface area (Å²) < 4.78 is 38.4. The maximum atomic E-state index is 13.1. The van der Waals surface area contributed by atoms with E-state index in [0.29, 0.717) is 13.1 Å². The fourth-order valence-electron chi connectivity index (χ4n) is 3.80. The predicted octanol–water partition coefficient (Wildman–Crippen LogP) is 5.86. The monoisotopic (exact) mass is 389 g/mol. The second kappa shape index (κ2) is 9.26. The van der Waals surface area contributed by atoms with Gasteiger partial charge < -0.3 is 4.90 Å². The first-order valence-electron chi connectivity index (χ1n) is 9.92. The van der Waals surface area contributed by atoms with Crippen molar-refractivity contribution in [1.29, 1.82) is 0 Å². The van der Waals surface area contributed by atoms with Crippen molar-refractivity contribution >= 4 is 5.91 Å². The van der Waals surface area contributed by atoms with Crippen molar-refractivity contribution in [3.63, 3.8) is 0 Å². The van der Waals surface area contributed by atoms with E-state index in [1.54, 1.807) is 0 Å². The lowest BCUT2D eigenvalue weighted by atomic mass is 9.88. The van der Waals surface area contributed by atoms with Crippen LogP contribution >= 0.6 is 0 Å². The van der Waals surface area contributed by atoms with Gasteiger partial charge in [-0.15, -0.1) is 0 Å². The van der Waals surface area contributed by atoms with E-state index in [0.717, 1.165) is 55.4 Å². The van der Waals surface area contributed by atoms with Crippen molar-refractivity contribution in [1.82, 2.24) is 4.90 Å². The first-order valence-corrected chi connectivity index (χ1v) is 9.92. The van der Waals surface area contributed by atoms with Gasteiger partial charge >= 0.3 is 6.18 Å². The second-order valence-corrected chi connectivity index (χ2v) is 7.53. The average molecular weight is 389 g/mol. The zero-order chi connectivity index (χ0) is 20.0. The molecule has 5 heteroatoms. The van der Waals surface area contributed by atoms with Crippen LogP contribution in [0.5, 0.6) is 0 Å². The number of halogens is 3. The number of carbonyl (C=O) groups is 1. The largest absolute Gasteiger partial charge is 0.416 e. The van der Waals surface area contributed by atoms with Crippen molar-refractivity contribution in [2.24, 2.45) is 5.92 Å². The normalized spacial score (nSPS) is 15.4. The van der Waals surface area contributed by atoms with Gasteiger partial charge in [0, 0.05) is 19.0 Å². The number of rotatable bonds is 6. The van der Waals surface area contributed by atoms with Crippen molar-refractivity contribution in [2.45, 2.75) is 51.2 Å². The Morgan fingerprint density at radius 1 is 0.893 bits per heavy atom. The molecular weight excluding hydrogens is 363 g/mol. The van der Waals surface area contributed by atoms with E-state index in [4.69, 9.17) is 0 Å². The van der Waals surface area contributed by atoms with E-state index in [-0.39, 0.29) is 11.8 Å². The van der Waals surface area contributed by atoms with Crippen molar-refractivity contribution in [3.05, 3.63) is 71.3 Å². The van der Waals surface area contributed by atoms with Crippen LogP contribution in [0.4, 0.5) is 13.2 Å². The fourth-order valence-corrected chi connectivity index (χ4v) is 3.80. The van der Waals surface area contributed by atoms with E-state index in [1.165, 1.54) is 18.6 Å².